The van der Waals surface area contributed by atoms with Gasteiger partial charge < -0.3 is 4.74 Å². The molecule has 0 aromatic carbocycles. The van der Waals surface area contributed by atoms with E-state index in [9.17, 15) is 4.79 Å². The predicted molar refractivity (Wildman–Crippen MR) is 72.2 cm³/mol. The third-order valence-corrected chi connectivity index (χ3v) is 3.34. The Labute approximate surface area is 116 Å². The number of carbonyl (C=O) groups is 1. The third-order valence-electron chi connectivity index (χ3n) is 3.15. The van der Waals surface area contributed by atoms with Crippen LogP contribution in [0.2, 0.25) is 0 Å². The van der Waals surface area contributed by atoms with Gasteiger partial charge in [-0.3, -0.25) is 9.25 Å². The first-order chi connectivity index (χ1) is 8.88. The fourth-order valence-electron chi connectivity index (χ4n) is 2.25. The van der Waals surface area contributed by atoms with E-state index in [1.807, 2.05) is 20.9 Å². The second-order valence-electron chi connectivity index (χ2n) is 4.54. The summed E-state index contributed by atoms with van der Waals surface area (Å²) < 4.78 is 8.30. The topological polar surface area (TPSA) is 61.9 Å². The summed E-state index contributed by atoms with van der Waals surface area (Å²) in [7, 11) is 3.19. The number of imidazole rings is 1. The number of nitrogens with zero attached hydrogens (tertiary/aromatic N) is 4. The Morgan fingerprint density at radius 1 is 1.42 bits per heavy atom. The zero-order valence-corrected chi connectivity index (χ0v) is 12.4. The van der Waals surface area contributed by atoms with Gasteiger partial charge in [-0.2, -0.15) is 5.10 Å². The molecule has 2 atom stereocenters. The molecule has 7 heteroatoms. The minimum Gasteiger partial charge on any atom is -0.467 e. The molecule has 19 heavy (non-hydrogen) atoms. The number of alkyl halides is 1. The van der Waals surface area contributed by atoms with Crippen LogP contribution in [-0.4, -0.2) is 32.4 Å². The lowest BCUT2D eigenvalue weighted by Gasteiger charge is -2.16. The van der Waals surface area contributed by atoms with E-state index in [2.05, 4.69) is 10.1 Å². The summed E-state index contributed by atoms with van der Waals surface area (Å²) in [6.45, 7) is 5.47. The highest BCUT2D eigenvalue weighted by molar-refractivity contribution is 6.20. The highest BCUT2D eigenvalue weighted by Crippen LogP contribution is 2.29. The molecular weight excluding hydrogens is 268 g/mol. The Morgan fingerprint density at radius 2 is 2.05 bits per heavy atom. The van der Waals surface area contributed by atoms with Crippen LogP contribution in [0.3, 0.4) is 0 Å². The molecular formula is C12H17ClN4O2. The number of carbonyl (C=O) groups excluding carboxylic acids is 1. The summed E-state index contributed by atoms with van der Waals surface area (Å²) in [4.78, 5) is 16.3. The number of halogens is 1. The summed E-state index contributed by atoms with van der Waals surface area (Å²) in [6.07, 6.45) is 0. The van der Waals surface area contributed by atoms with E-state index in [0.717, 1.165) is 16.9 Å². The lowest BCUT2D eigenvalue weighted by Crippen LogP contribution is -2.21. The lowest BCUT2D eigenvalue weighted by molar-refractivity contribution is -0.144. The Bertz CT molecular complexity index is 629. The molecule has 0 spiro atoms. The smallest absolute Gasteiger partial charge is 0.328 e. The van der Waals surface area contributed by atoms with Crippen LogP contribution in [0.5, 0.6) is 0 Å². The molecule has 2 heterocycles. The first-order valence-electron chi connectivity index (χ1n) is 6.01. The van der Waals surface area contributed by atoms with Crippen molar-refractivity contribution >= 4 is 28.7 Å². The molecule has 0 aliphatic rings. The number of esters is 1. The summed E-state index contributed by atoms with van der Waals surface area (Å²) in [5, 5.41) is 4.01. The summed E-state index contributed by atoms with van der Waals surface area (Å²) >= 11 is 6.17. The third kappa shape index (κ3) is 2.10. The molecule has 104 valence electrons. The van der Waals surface area contributed by atoms with Crippen LogP contribution in [0.4, 0.5) is 0 Å². The number of ether oxygens (including phenoxy) is 1. The predicted octanol–water partition coefficient (Wildman–Crippen LogP) is 2.11. The zero-order chi connectivity index (χ0) is 14.3. The minimum atomic E-state index is -0.499. The summed E-state index contributed by atoms with van der Waals surface area (Å²) in [5.74, 6) is 0.308. The van der Waals surface area contributed by atoms with Crippen LogP contribution in [0.15, 0.2) is 0 Å². The minimum absolute atomic E-state index is 0.307. The van der Waals surface area contributed by atoms with Gasteiger partial charge in [0.15, 0.2) is 5.65 Å². The van der Waals surface area contributed by atoms with E-state index in [4.69, 9.17) is 16.3 Å². The normalized spacial score (nSPS) is 14.6. The van der Waals surface area contributed by atoms with E-state index in [1.165, 1.54) is 7.11 Å². The average molecular weight is 285 g/mol. The quantitative estimate of drug-likeness (QED) is 0.640. The molecule has 2 unspecified atom stereocenters. The highest BCUT2D eigenvalue weighted by Gasteiger charge is 2.27. The van der Waals surface area contributed by atoms with Crippen molar-refractivity contribution in [3.05, 3.63) is 11.5 Å². The van der Waals surface area contributed by atoms with Crippen molar-refractivity contribution in [2.24, 2.45) is 7.05 Å². The molecule has 0 fully saturated rings. The number of aromatic nitrogens is 4. The number of rotatable bonds is 3. The molecule has 0 N–H and O–H groups in total. The lowest BCUT2D eigenvalue weighted by atomic mass is 10.3. The molecule has 0 radical (unpaired) electrons. The monoisotopic (exact) mass is 284 g/mol. The van der Waals surface area contributed by atoms with Gasteiger partial charge in [0, 0.05) is 7.05 Å². The second-order valence-corrected chi connectivity index (χ2v) is 5.19. The fraction of sp³-hybridized carbons (Fsp3) is 0.583. The summed E-state index contributed by atoms with van der Waals surface area (Å²) in [6, 6.07) is -0.499. The van der Waals surface area contributed by atoms with Gasteiger partial charge in [-0.05, 0) is 20.8 Å². The Balaban J connectivity index is 2.74. The van der Waals surface area contributed by atoms with Crippen LogP contribution >= 0.6 is 11.6 Å². The molecule has 0 saturated heterocycles. The van der Waals surface area contributed by atoms with Crippen molar-refractivity contribution in [2.75, 3.05) is 7.11 Å². The second kappa shape index (κ2) is 4.85. The fourth-order valence-corrected chi connectivity index (χ4v) is 2.40. The standard InChI is InChI=1S/C12H17ClN4O2/c1-6(13)10-14-9-7(2)15-16(4)11(9)17(10)8(3)12(18)19-5/h6,8H,1-5H3. The molecule has 0 saturated carbocycles. The highest BCUT2D eigenvalue weighted by atomic mass is 35.5. The number of hydrogen-bond acceptors (Lipinski definition) is 4. The van der Waals surface area contributed by atoms with Crippen LogP contribution < -0.4 is 0 Å². The molecule has 6 nitrogen and oxygen atoms in total. The maximum absolute atomic E-state index is 11.8. The molecule has 2 rings (SSSR count). The van der Waals surface area contributed by atoms with Crippen molar-refractivity contribution in [3.63, 3.8) is 0 Å². The molecule has 0 amide bonds. The molecule has 0 aliphatic heterocycles. The Hall–Kier alpha value is -1.56. The van der Waals surface area contributed by atoms with Crippen LogP contribution in [0, 0.1) is 6.92 Å². The number of fused-ring (bicyclic) bond motifs is 1. The Morgan fingerprint density at radius 3 is 2.58 bits per heavy atom. The van der Waals surface area contributed by atoms with E-state index in [1.54, 1.807) is 16.2 Å². The van der Waals surface area contributed by atoms with E-state index < -0.39 is 6.04 Å². The number of methoxy groups -OCH3 is 1. The van der Waals surface area contributed by atoms with Gasteiger partial charge in [-0.15, -0.1) is 11.6 Å². The van der Waals surface area contributed by atoms with Gasteiger partial charge in [-0.1, -0.05) is 0 Å². The maximum atomic E-state index is 11.8. The first kappa shape index (κ1) is 13.9. The summed E-state index contributed by atoms with van der Waals surface area (Å²) in [5.41, 5.74) is 2.35. The molecule has 0 aliphatic carbocycles. The SMILES string of the molecule is COC(=O)C(C)n1c(C(C)Cl)nc2c(C)nn(C)c21. The van der Waals surface area contributed by atoms with E-state index in [-0.39, 0.29) is 11.3 Å². The van der Waals surface area contributed by atoms with Crippen LogP contribution in [-0.2, 0) is 16.6 Å². The number of aryl methyl sites for hydroxylation is 2. The first-order valence-corrected chi connectivity index (χ1v) is 6.45. The van der Waals surface area contributed by atoms with Crippen molar-refractivity contribution in [2.45, 2.75) is 32.2 Å². The number of hydrogen-bond donors (Lipinski definition) is 0. The van der Waals surface area contributed by atoms with Crippen molar-refractivity contribution < 1.29 is 9.53 Å². The maximum Gasteiger partial charge on any atom is 0.328 e. The Kier molecular flexibility index (Phi) is 3.54. The van der Waals surface area contributed by atoms with Gasteiger partial charge >= 0.3 is 5.97 Å². The molecule has 2 aromatic heterocycles. The molecule has 2 aromatic rings. The van der Waals surface area contributed by atoms with Crippen LogP contribution in [0.25, 0.3) is 11.2 Å². The van der Waals surface area contributed by atoms with Crippen molar-refractivity contribution in [1.29, 1.82) is 0 Å². The van der Waals surface area contributed by atoms with Crippen molar-refractivity contribution in [1.82, 2.24) is 19.3 Å². The zero-order valence-electron chi connectivity index (χ0n) is 11.6. The van der Waals surface area contributed by atoms with Gasteiger partial charge in [0.1, 0.15) is 17.4 Å². The van der Waals surface area contributed by atoms with Crippen LogP contribution in [0.1, 0.15) is 36.8 Å². The van der Waals surface area contributed by atoms with Crippen molar-refractivity contribution in [3.8, 4) is 0 Å². The van der Waals surface area contributed by atoms with Gasteiger partial charge in [0.05, 0.1) is 18.2 Å². The molecule has 0 bridgehead atoms. The van der Waals surface area contributed by atoms with Gasteiger partial charge in [-0.25, -0.2) is 9.78 Å². The van der Waals surface area contributed by atoms with E-state index in [0.29, 0.717) is 5.82 Å². The average Bonchev–Trinajstić information content (AvgIpc) is 2.87. The largest absolute Gasteiger partial charge is 0.467 e. The van der Waals surface area contributed by atoms with Gasteiger partial charge in [0.2, 0.25) is 0 Å². The van der Waals surface area contributed by atoms with E-state index >= 15 is 0 Å². The van der Waals surface area contributed by atoms with Gasteiger partial charge in [0.25, 0.3) is 0 Å².